The van der Waals surface area contributed by atoms with Crippen LogP contribution in [0.25, 0.3) is 0 Å². The van der Waals surface area contributed by atoms with Gasteiger partial charge in [0.05, 0.1) is 6.21 Å². The van der Waals surface area contributed by atoms with Crippen molar-refractivity contribution in [1.82, 2.24) is 25.4 Å². The number of rotatable bonds is 6. The first-order valence-corrected chi connectivity index (χ1v) is 7.33. The molecule has 23 heavy (non-hydrogen) atoms. The Bertz CT molecular complexity index is 774. The average molecular weight is 327 g/mol. The SMILES string of the molecule is Pc1ccccc1/C=N/Nc1ccc(OCc2ncn[nH]2)nn1. The van der Waals surface area contributed by atoms with Crippen LogP contribution in [0, 0.1) is 0 Å². The van der Waals surface area contributed by atoms with Gasteiger partial charge in [-0.3, -0.25) is 10.5 Å². The van der Waals surface area contributed by atoms with E-state index in [0.29, 0.717) is 17.5 Å². The summed E-state index contributed by atoms with van der Waals surface area (Å²) >= 11 is 0. The summed E-state index contributed by atoms with van der Waals surface area (Å²) in [6.45, 7) is 0.255. The molecule has 2 heterocycles. The van der Waals surface area contributed by atoms with Crippen molar-refractivity contribution in [1.29, 1.82) is 0 Å². The lowest BCUT2D eigenvalue weighted by atomic mass is 10.2. The maximum absolute atomic E-state index is 5.42. The number of H-pyrrole nitrogens is 1. The zero-order valence-electron chi connectivity index (χ0n) is 12.0. The molecule has 0 saturated carbocycles. The molecule has 0 fully saturated rings. The molecule has 1 aromatic carbocycles. The Morgan fingerprint density at radius 3 is 2.87 bits per heavy atom. The standard InChI is InChI=1S/C14H14N7OP/c23-11-4-2-1-3-10(11)7-16-18-12-5-6-14(21-20-12)22-8-13-15-9-17-19-13/h1-7,9H,8,23H2,(H,18,20)(H,15,17,19)/b16-7+. The van der Waals surface area contributed by atoms with Crippen molar-refractivity contribution < 1.29 is 4.74 Å². The summed E-state index contributed by atoms with van der Waals surface area (Å²) in [5.41, 5.74) is 3.82. The molecule has 0 amide bonds. The summed E-state index contributed by atoms with van der Waals surface area (Å²) in [4.78, 5) is 3.95. The normalized spacial score (nSPS) is 10.8. The van der Waals surface area contributed by atoms with Crippen molar-refractivity contribution in [3.8, 4) is 5.88 Å². The number of hydrogen-bond donors (Lipinski definition) is 2. The summed E-state index contributed by atoms with van der Waals surface area (Å²) in [5, 5.41) is 19.6. The lowest BCUT2D eigenvalue weighted by Gasteiger charge is -2.03. The van der Waals surface area contributed by atoms with Crippen LogP contribution in [-0.2, 0) is 6.61 Å². The molecule has 2 N–H and O–H groups in total. The Morgan fingerprint density at radius 1 is 1.22 bits per heavy atom. The highest BCUT2D eigenvalue weighted by Gasteiger charge is 2.00. The van der Waals surface area contributed by atoms with Crippen LogP contribution >= 0.6 is 9.24 Å². The van der Waals surface area contributed by atoms with Crippen LogP contribution < -0.4 is 15.5 Å². The number of nitrogens with zero attached hydrogens (tertiary/aromatic N) is 5. The number of aromatic amines is 1. The number of ether oxygens (including phenoxy) is 1. The van der Waals surface area contributed by atoms with Crippen molar-refractivity contribution in [3.05, 3.63) is 54.1 Å². The molecule has 0 bridgehead atoms. The van der Waals surface area contributed by atoms with Crippen LogP contribution in [0.5, 0.6) is 5.88 Å². The molecule has 0 radical (unpaired) electrons. The third-order valence-corrected chi connectivity index (χ3v) is 3.37. The summed E-state index contributed by atoms with van der Waals surface area (Å²) in [6.07, 6.45) is 3.14. The Balaban J connectivity index is 1.54. The van der Waals surface area contributed by atoms with Gasteiger partial charge in [-0.05, 0) is 11.4 Å². The zero-order valence-corrected chi connectivity index (χ0v) is 13.2. The monoisotopic (exact) mass is 327 g/mol. The molecule has 1 unspecified atom stereocenters. The highest BCUT2D eigenvalue weighted by atomic mass is 31.0. The highest BCUT2D eigenvalue weighted by Crippen LogP contribution is 2.09. The molecule has 0 aliphatic carbocycles. The van der Waals surface area contributed by atoms with Gasteiger partial charge in [0.15, 0.2) is 11.6 Å². The Kier molecular flexibility index (Phi) is 4.85. The zero-order chi connectivity index (χ0) is 15.9. The number of benzene rings is 1. The molecule has 116 valence electrons. The molecular formula is C14H14N7OP. The van der Waals surface area contributed by atoms with Gasteiger partial charge in [0.1, 0.15) is 12.9 Å². The minimum atomic E-state index is 0.255. The van der Waals surface area contributed by atoms with Crippen LogP contribution in [0.1, 0.15) is 11.4 Å². The van der Waals surface area contributed by atoms with E-state index in [1.165, 1.54) is 6.33 Å². The Hall–Kier alpha value is -2.86. The molecule has 0 aliphatic rings. The number of anilines is 1. The summed E-state index contributed by atoms with van der Waals surface area (Å²) in [6, 6.07) is 11.3. The number of hydrazone groups is 1. The number of hydrogen-bond acceptors (Lipinski definition) is 7. The van der Waals surface area contributed by atoms with Gasteiger partial charge in [-0.1, -0.05) is 24.3 Å². The molecule has 9 heteroatoms. The van der Waals surface area contributed by atoms with Crippen molar-refractivity contribution >= 4 is 26.6 Å². The van der Waals surface area contributed by atoms with E-state index in [2.05, 4.69) is 45.1 Å². The van der Waals surface area contributed by atoms with Gasteiger partial charge in [-0.25, -0.2) is 4.98 Å². The van der Waals surface area contributed by atoms with Gasteiger partial charge in [0.25, 0.3) is 0 Å². The molecule has 2 aromatic heterocycles. The molecule has 1 atom stereocenters. The van der Waals surface area contributed by atoms with E-state index in [-0.39, 0.29) is 6.61 Å². The van der Waals surface area contributed by atoms with Gasteiger partial charge in [0, 0.05) is 11.6 Å². The van der Waals surface area contributed by atoms with Crippen molar-refractivity contribution in [2.75, 3.05) is 5.43 Å². The lowest BCUT2D eigenvalue weighted by molar-refractivity contribution is 0.281. The van der Waals surface area contributed by atoms with E-state index < -0.39 is 0 Å². The Morgan fingerprint density at radius 2 is 2.13 bits per heavy atom. The number of nitrogens with one attached hydrogen (secondary N) is 2. The second-order valence-corrected chi connectivity index (χ2v) is 5.10. The Labute approximate surface area is 134 Å². The van der Waals surface area contributed by atoms with E-state index in [9.17, 15) is 0 Å². The predicted octanol–water partition coefficient (Wildman–Crippen LogP) is 1.12. The van der Waals surface area contributed by atoms with Gasteiger partial charge in [-0.15, -0.1) is 19.4 Å². The van der Waals surface area contributed by atoms with Crippen LogP contribution in [0.3, 0.4) is 0 Å². The van der Waals surface area contributed by atoms with Crippen LogP contribution in [0.2, 0.25) is 0 Å². The third-order valence-electron chi connectivity index (χ3n) is 2.84. The van der Waals surface area contributed by atoms with E-state index in [4.69, 9.17) is 4.74 Å². The van der Waals surface area contributed by atoms with Crippen molar-refractivity contribution in [2.24, 2.45) is 5.10 Å². The molecule has 0 aliphatic heterocycles. The molecule has 0 spiro atoms. The van der Waals surface area contributed by atoms with E-state index >= 15 is 0 Å². The van der Waals surface area contributed by atoms with E-state index in [0.717, 1.165) is 10.9 Å². The molecule has 8 nitrogen and oxygen atoms in total. The maximum Gasteiger partial charge on any atom is 0.233 e. The molecule has 3 aromatic rings. The maximum atomic E-state index is 5.42. The number of aromatic nitrogens is 5. The topological polar surface area (TPSA) is 101 Å². The van der Waals surface area contributed by atoms with Gasteiger partial charge in [0.2, 0.25) is 5.88 Å². The summed E-state index contributed by atoms with van der Waals surface area (Å²) in [5.74, 6) is 1.54. The van der Waals surface area contributed by atoms with Crippen LogP contribution in [0.15, 0.2) is 47.8 Å². The highest BCUT2D eigenvalue weighted by molar-refractivity contribution is 7.27. The van der Waals surface area contributed by atoms with Gasteiger partial charge in [-0.2, -0.15) is 10.2 Å². The third kappa shape index (κ3) is 4.31. The quantitative estimate of drug-likeness (QED) is 0.400. The van der Waals surface area contributed by atoms with E-state index in [1.54, 1.807) is 18.3 Å². The second kappa shape index (κ2) is 7.42. The summed E-state index contributed by atoms with van der Waals surface area (Å²) in [7, 11) is 2.66. The smallest absolute Gasteiger partial charge is 0.233 e. The van der Waals surface area contributed by atoms with Crippen molar-refractivity contribution in [2.45, 2.75) is 6.61 Å². The first-order valence-electron chi connectivity index (χ1n) is 6.75. The fraction of sp³-hybridized carbons (Fsp3) is 0.0714. The van der Waals surface area contributed by atoms with Crippen molar-refractivity contribution in [3.63, 3.8) is 0 Å². The average Bonchev–Trinajstić information content (AvgIpc) is 3.09. The largest absolute Gasteiger partial charge is 0.468 e. The molecule has 3 rings (SSSR count). The predicted molar refractivity (Wildman–Crippen MR) is 89.7 cm³/mol. The van der Waals surface area contributed by atoms with Crippen LogP contribution in [-0.4, -0.2) is 31.6 Å². The van der Waals surface area contributed by atoms with Gasteiger partial charge < -0.3 is 4.74 Å². The minimum absolute atomic E-state index is 0.255. The second-order valence-electron chi connectivity index (χ2n) is 4.48. The first-order chi connectivity index (χ1) is 11.3. The van der Waals surface area contributed by atoms with E-state index in [1.807, 2.05) is 24.3 Å². The van der Waals surface area contributed by atoms with Gasteiger partial charge >= 0.3 is 0 Å². The van der Waals surface area contributed by atoms with Crippen LogP contribution in [0.4, 0.5) is 5.82 Å². The summed E-state index contributed by atoms with van der Waals surface area (Å²) < 4.78 is 5.42. The minimum Gasteiger partial charge on any atom is -0.468 e. The molecule has 0 saturated heterocycles. The fourth-order valence-electron chi connectivity index (χ4n) is 1.70. The lowest BCUT2D eigenvalue weighted by Crippen LogP contribution is -2.03. The molecular weight excluding hydrogens is 313 g/mol. The first kappa shape index (κ1) is 15.1. The fourth-order valence-corrected chi connectivity index (χ4v) is 1.98.